The quantitative estimate of drug-likeness (QED) is 0.559. The van der Waals surface area contributed by atoms with Crippen molar-refractivity contribution in [2.24, 2.45) is 22.2 Å². The Hall–Kier alpha value is -0.530. The predicted molar refractivity (Wildman–Crippen MR) is 78.4 cm³/mol. The minimum atomic E-state index is 0.257. The highest BCUT2D eigenvalue weighted by molar-refractivity contribution is 5.86. The van der Waals surface area contributed by atoms with Crippen LogP contribution in [0.1, 0.15) is 65.2 Å². The summed E-state index contributed by atoms with van der Waals surface area (Å²) < 4.78 is 0. The molecule has 0 radical (unpaired) electrons. The summed E-state index contributed by atoms with van der Waals surface area (Å²) in [7, 11) is 0. The van der Waals surface area contributed by atoms with E-state index in [1.165, 1.54) is 51.4 Å². The molecular weight excluding hydrogens is 232 g/mol. The van der Waals surface area contributed by atoms with Gasteiger partial charge in [0, 0.05) is 18.5 Å². The van der Waals surface area contributed by atoms with Crippen molar-refractivity contribution in [2.75, 3.05) is 13.1 Å². The highest BCUT2D eigenvalue weighted by Crippen LogP contribution is 2.69. The monoisotopic (exact) mass is 260 g/mol. The molecule has 4 bridgehead atoms. The van der Waals surface area contributed by atoms with Crippen LogP contribution in [-0.4, -0.2) is 23.8 Å². The number of nitrogens with zero attached hydrogens (tertiary/aromatic N) is 1. The summed E-state index contributed by atoms with van der Waals surface area (Å²) in [6.45, 7) is 7.33. The van der Waals surface area contributed by atoms with Gasteiger partial charge in [0.1, 0.15) is 5.84 Å². The summed E-state index contributed by atoms with van der Waals surface area (Å²) in [5.41, 5.74) is 1.34. The lowest BCUT2D eigenvalue weighted by Gasteiger charge is -2.65. The van der Waals surface area contributed by atoms with E-state index in [9.17, 15) is 0 Å². The molecule has 0 aromatic rings. The average molecular weight is 260 g/mol. The van der Waals surface area contributed by atoms with Gasteiger partial charge >= 0.3 is 0 Å². The molecule has 2 heteroatoms. The number of likely N-dealkylation sites (tertiary alicyclic amines) is 1. The van der Waals surface area contributed by atoms with E-state index in [1.807, 2.05) is 0 Å². The van der Waals surface area contributed by atoms with Crippen LogP contribution in [0.4, 0.5) is 0 Å². The Morgan fingerprint density at radius 3 is 2.05 bits per heavy atom. The second-order valence-electron chi connectivity index (χ2n) is 8.95. The van der Waals surface area contributed by atoms with Crippen molar-refractivity contribution in [1.29, 1.82) is 5.41 Å². The third kappa shape index (κ3) is 1.71. The van der Waals surface area contributed by atoms with Gasteiger partial charge in [0.05, 0.1) is 0 Å². The van der Waals surface area contributed by atoms with Gasteiger partial charge in [0.15, 0.2) is 0 Å². The Morgan fingerprint density at radius 2 is 1.53 bits per heavy atom. The van der Waals surface area contributed by atoms with Crippen molar-refractivity contribution in [3.63, 3.8) is 0 Å². The summed E-state index contributed by atoms with van der Waals surface area (Å²) in [5, 5.41) is 8.86. The van der Waals surface area contributed by atoms with Gasteiger partial charge in [-0.1, -0.05) is 13.8 Å². The van der Waals surface area contributed by atoms with Gasteiger partial charge in [-0.3, -0.25) is 5.41 Å². The summed E-state index contributed by atoms with van der Waals surface area (Å²) in [4.78, 5) is 2.42. The standard InChI is InChI=1S/C17H28N2/c1-15-7-13-8-16(2,10-15)12-17(9-13,11-15)14(18)19-5-3-4-6-19/h13,18H,3-12H2,1-2H3. The molecule has 5 rings (SSSR count). The molecule has 106 valence electrons. The predicted octanol–water partition coefficient (Wildman–Crippen LogP) is 4.06. The summed E-state index contributed by atoms with van der Waals surface area (Å²) in [6.07, 6.45) is 10.9. The highest BCUT2D eigenvalue weighted by atomic mass is 15.2. The number of amidine groups is 1. The molecule has 1 aliphatic heterocycles. The van der Waals surface area contributed by atoms with Crippen molar-refractivity contribution in [3.8, 4) is 0 Å². The smallest absolute Gasteiger partial charge is 0.102 e. The van der Waals surface area contributed by atoms with E-state index in [-0.39, 0.29) is 5.41 Å². The lowest BCUT2D eigenvalue weighted by atomic mass is 9.40. The average Bonchev–Trinajstić information content (AvgIpc) is 2.75. The Kier molecular flexibility index (Phi) is 2.29. The van der Waals surface area contributed by atoms with Crippen LogP contribution in [0.25, 0.3) is 0 Å². The maximum atomic E-state index is 8.86. The topological polar surface area (TPSA) is 27.1 Å². The number of nitrogens with one attached hydrogen (secondary N) is 1. The van der Waals surface area contributed by atoms with E-state index >= 15 is 0 Å². The minimum absolute atomic E-state index is 0.257. The van der Waals surface area contributed by atoms with Crippen molar-refractivity contribution < 1.29 is 0 Å². The fourth-order valence-corrected chi connectivity index (χ4v) is 6.99. The van der Waals surface area contributed by atoms with Crippen LogP contribution < -0.4 is 0 Å². The first kappa shape index (κ1) is 12.2. The van der Waals surface area contributed by atoms with E-state index in [4.69, 9.17) is 5.41 Å². The fourth-order valence-electron chi connectivity index (χ4n) is 6.99. The van der Waals surface area contributed by atoms with Gasteiger partial charge in [-0.25, -0.2) is 0 Å². The van der Waals surface area contributed by atoms with Gasteiger partial charge < -0.3 is 4.90 Å². The maximum Gasteiger partial charge on any atom is 0.102 e. The fraction of sp³-hybridized carbons (Fsp3) is 0.941. The molecule has 1 heterocycles. The largest absolute Gasteiger partial charge is 0.360 e. The third-order valence-corrected chi connectivity index (χ3v) is 6.55. The van der Waals surface area contributed by atoms with Crippen LogP contribution in [0.15, 0.2) is 0 Å². The molecule has 4 aliphatic carbocycles. The Morgan fingerprint density at radius 1 is 0.947 bits per heavy atom. The Labute approximate surface area is 117 Å². The van der Waals surface area contributed by atoms with Crippen molar-refractivity contribution >= 4 is 5.84 Å². The first-order valence-electron chi connectivity index (χ1n) is 8.26. The molecule has 5 aliphatic rings. The van der Waals surface area contributed by atoms with Crippen LogP contribution in [0.2, 0.25) is 0 Å². The summed E-state index contributed by atoms with van der Waals surface area (Å²) >= 11 is 0. The summed E-state index contributed by atoms with van der Waals surface area (Å²) in [6, 6.07) is 0. The van der Waals surface area contributed by atoms with Crippen LogP contribution in [0.3, 0.4) is 0 Å². The normalized spacial score (nSPS) is 51.9. The van der Waals surface area contributed by atoms with Gasteiger partial charge in [-0.15, -0.1) is 0 Å². The second-order valence-corrected chi connectivity index (χ2v) is 8.95. The van der Waals surface area contributed by atoms with E-state index < -0.39 is 0 Å². The van der Waals surface area contributed by atoms with Crippen LogP contribution in [0.5, 0.6) is 0 Å². The van der Waals surface area contributed by atoms with Crippen LogP contribution in [0, 0.1) is 27.6 Å². The van der Waals surface area contributed by atoms with E-state index in [2.05, 4.69) is 18.7 Å². The maximum absolute atomic E-state index is 8.86. The molecule has 0 aromatic carbocycles. The SMILES string of the molecule is CC12CC3CC(C)(C1)CC(C(=N)N1CCCC1)(C3)C2. The number of hydrogen-bond acceptors (Lipinski definition) is 1. The van der Waals surface area contributed by atoms with Gasteiger partial charge in [-0.2, -0.15) is 0 Å². The molecule has 2 unspecified atom stereocenters. The molecule has 1 N–H and O–H groups in total. The zero-order valence-corrected chi connectivity index (χ0v) is 12.6. The Bertz CT molecular complexity index is 403. The van der Waals surface area contributed by atoms with Crippen LogP contribution >= 0.6 is 0 Å². The molecular formula is C17H28N2. The first-order chi connectivity index (χ1) is 8.92. The molecule has 0 amide bonds. The van der Waals surface area contributed by atoms with E-state index in [1.54, 1.807) is 0 Å². The molecule has 0 spiro atoms. The molecule has 2 atom stereocenters. The molecule has 19 heavy (non-hydrogen) atoms. The second kappa shape index (κ2) is 3.56. The Balaban J connectivity index is 1.68. The lowest BCUT2D eigenvalue weighted by molar-refractivity contribution is -0.119. The third-order valence-electron chi connectivity index (χ3n) is 6.55. The molecule has 5 fully saturated rings. The zero-order valence-electron chi connectivity index (χ0n) is 12.6. The number of rotatable bonds is 1. The molecule has 1 saturated heterocycles. The summed E-state index contributed by atoms with van der Waals surface area (Å²) in [5.74, 6) is 1.95. The van der Waals surface area contributed by atoms with Crippen molar-refractivity contribution in [2.45, 2.75) is 65.2 Å². The molecule has 4 saturated carbocycles. The lowest BCUT2D eigenvalue weighted by Crippen LogP contribution is -2.59. The highest BCUT2D eigenvalue weighted by Gasteiger charge is 2.62. The van der Waals surface area contributed by atoms with Crippen molar-refractivity contribution in [3.05, 3.63) is 0 Å². The zero-order chi connectivity index (χ0) is 13.3. The molecule has 2 nitrogen and oxygen atoms in total. The van der Waals surface area contributed by atoms with Crippen molar-refractivity contribution in [1.82, 2.24) is 4.90 Å². The minimum Gasteiger partial charge on any atom is -0.360 e. The van der Waals surface area contributed by atoms with Crippen LogP contribution in [-0.2, 0) is 0 Å². The van der Waals surface area contributed by atoms with Gasteiger partial charge in [0.2, 0.25) is 0 Å². The first-order valence-corrected chi connectivity index (χ1v) is 8.26. The van der Waals surface area contributed by atoms with E-state index in [0.29, 0.717) is 10.8 Å². The molecule has 0 aromatic heterocycles. The van der Waals surface area contributed by atoms with E-state index in [0.717, 1.165) is 24.8 Å². The number of hydrogen-bond donors (Lipinski definition) is 1. The van der Waals surface area contributed by atoms with Gasteiger partial charge in [0.25, 0.3) is 0 Å². The van der Waals surface area contributed by atoms with Gasteiger partial charge in [-0.05, 0) is 68.1 Å².